The van der Waals surface area contributed by atoms with Gasteiger partial charge >= 0.3 is 0 Å². The summed E-state index contributed by atoms with van der Waals surface area (Å²) >= 11 is 0. The van der Waals surface area contributed by atoms with Crippen molar-refractivity contribution in [2.75, 3.05) is 14.2 Å². The third kappa shape index (κ3) is 2.35. The van der Waals surface area contributed by atoms with Gasteiger partial charge in [0.25, 0.3) is 0 Å². The van der Waals surface area contributed by atoms with Crippen molar-refractivity contribution in [1.82, 2.24) is 0 Å². The summed E-state index contributed by atoms with van der Waals surface area (Å²) in [5.41, 5.74) is 0.613. The molecule has 98 valence electrons. The highest BCUT2D eigenvalue weighted by Gasteiger charge is 2.20. The number of ether oxygens (including phenoxy) is 2. The standard InChI is InChI=1S/C14H12O5/c1-18-12-6-8(7-13(19-2)14(12)17)5-9-10(15)3-4-11(9)16/h3-7,17H,1-2H3. The number of phenols is 1. The Hall–Kier alpha value is -2.56. The van der Waals surface area contributed by atoms with Crippen LogP contribution in [-0.4, -0.2) is 30.9 Å². The van der Waals surface area contributed by atoms with E-state index in [9.17, 15) is 14.7 Å². The molecule has 1 N–H and O–H groups in total. The van der Waals surface area contributed by atoms with Gasteiger partial charge in [0.2, 0.25) is 5.75 Å². The van der Waals surface area contributed by atoms with Gasteiger partial charge in [-0.15, -0.1) is 0 Å². The Kier molecular flexibility index (Phi) is 3.37. The van der Waals surface area contributed by atoms with Crippen LogP contribution in [0.3, 0.4) is 0 Å². The molecular formula is C14H12O5. The second-order valence-corrected chi connectivity index (χ2v) is 3.89. The van der Waals surface area contributed by atoms with Gasteiger partial charge in [-0.2, -0.15) is 0 Å². The van der Waals surface area contributed by atoms with Crippen molar-refractivity contribution in [3.63, 3.8) is 0 Å². The van der Waals surface area contributed by atoms with Crippen molar-refractivity contribution in [1.29, 1.82) is 0 Å². The zero-order chi connectivity index (χ0) is 14.0. The van der Waals surface area contributed by atoms with Gasteiger partial charge in [-0.1, -0.05) is 0 Å². The van der Waals surface area contributed by atoms with Gasteiger partial charge in [-0.25, -0.2) is 0 Å². The van der Waals surface area contributed by atoms with Crippen LogP contribution in [0.5, 0.6) is 17.2 Å². The van der Waals surface area contributed by atoms with Gasteiger partial charge in [-0.3, -0.25) is 9.59 Å². The van der Waals surface area contributed by atoms with Crippen LogP contribution >= 0.6 is 0 Å². The largest absolute Gasteiger partial charge is 0.502 e. The predicted molar refractivity (Wildman–Crippen MR) is 68.3 cm³/mol. The quantitative estimate of drug-likeness (QED) is 0.658. The van der Waals surface area contributed by atoms with Crippen LogP contribution in [0.25, 0.3) is 6.08 Å². The molecule has 1 aromatic rings. The van der Waals surface area contributed by atoms with E-state index in [1.807, 2.05) is 0 Å². The van der Waals surface area contributed by atoms with Crippen LogP contribution in [0.1, 0.15) is 5.56 Å². The Morgan fingerprint density at radius 2 is 1.47 bits per heavy atom. The lowest BCUT2D eigenvalue weighted by Gasteiger charge is -2.09. The highest BCUT2D eigenvalue weighted by atomic mass is 16.5. The van der Waals surface area contributed by atoms with Crippen molar-refractivity contribution in [2.24, 2.45) is 0 Å². The van der Waals surface area contributed by atoms with Crippen molar-refractivity contribution < 1.29 is 24.2 Å². The van der Waals surface area contributed by atoms with Crippen LogP contribution in [-0.2, 0) is 9.59 Å². The number of aromatic hydroxyl groups is 1. The summed E-state index contributed by atoms with van der Waals surface area (Å²) in [7, 11) is 2.80. The van der Waals surface area contributed by atoms with Crippen molar-refractivity contribution >= 4 is 17.6 Å². The highest BCUT2D eigenvalue weighted by Crippen LogP contribution is 2.37. The first-order valence-electron chi connectivity index (χ1n) is 5.50. The Balaban J connectivity index is 2.49. The molecule has 5 heteroatoms. The molecule has 2 rings (SSSR count). The molecule has 0 aliphatic heterocycles. The normalized spacial score (nSPS) is 13.9. The first kappa shape index (κ1) is 12.9. The Bertz CT molecular complexity index is 565. The maximum Gasteiger partial charge on any atom is 0.200 e. The summed E-state index contributed by atoms with van der Waals surface area (Å²) in [4.78, 5) is 23.0. The minimum absolute atomic E-state index is 0.0785. The topological polar surface area (TPSA) is 72.8 Å². The van der Waals surface area contributed by atoms with Crippen molar-refractivity contribution in [3.8, 4) is 17.2 Å². The molecule has 0 saturated heterocycles. The molecular weight excluding hydrogens is 248 g/mol. The van der Waals surface area contributed by atoms with Crippen molar-refractivity contribution in [3.05, 3.63) is 35.4 Å². The van der Waals surface area contributed by atoms with E-state index >= 15 is 0 Å². The van der Waals surface area contributed by atoms with E-state index in [0.29, 0.717) is 5.56 Å². The van der Waals surface area contributed by atoms with Crippen molar-refractivity contribution in [2.45, 2.75) is 0 Å². The van der Waals surface area contributed by atoms with E-state index in [0.717, 1.165) is 0 Å². The smallest absolute Gasteiger partial charge is 0.200 e. The fourth-order valence-electron chi connectivity index (χ4n) is 1.76. The van der Waals surface area contributed by atoms with E-state index in [4.69, 9.17) is 9.47 Å². The Labute approximate surface area is 109 Å². The lowest BCUT2D eigenvalue weighted by Crippen LogP contribution is -2.00. The van der Waals surface area contributed by atoms with Gasteiger partial charge in [0.15, 0.2) is 23.1 Å². The molecule has 1 aromatic carbocycles. The van der Waals surface area contributed by atoms with Crippen LogP contribution < -0.4 is 9.47 Å². The number of carbonyl (C=O) groups is 2. The number of ketones is 2. The van der Waals surface area contributed by atoms with E-state index in [2.05, 4.69) is 0 Å². The molecule has 1 aliphatic rings. The Morgan fingerprint density at radius 3 is 1.89 bits per heavy atom. The molecule has 0 spiro atoms. The second kappa shape index (κ2) is 4.97. The summed E-state index contributed by atoms with van der Waals surface area (Å²) in [6.07, 6.45) is 3.89. The third-order valence-electron chi connectivity index (χ3n) is 2.73. The molecule has 0 bridgehead atoms. The number of rotatable bonds is 3. The molecule has 0 atom stereocenters. The molecule has 0 aromatic heterocycles. The molecule has 5 nitrogen and oxygen atoms in total. The average molecular weight is 260 g/mol. The van der Waals surface area contributed by atoms with Gasteiger partial charge in [-0.05, 0) is 35.9 Å². The van der Waals surface area contributed by atoms with Crippen LogP contribution in [0.4, 0.5) is 0 Å². The minimum atomic E-state index is -0.337. The number of phenolic OH excluding ortho intramolecular Hbond substituents is 1. The van der Waals surface area contributed by atoms with E-state index in [1.54, 1.807) is 0 Å². The molecule has 0 unspecified atom stereocenters. The van der Waals surface area contributed by atoms with E-state index in [1.165, 1.54) is 44.6 Å². The second-order valence-electron chi connectivity index (χ2n) is 3.89. The predicted octanol–water partition coefficient (Wildman–Crippen LogP) is 1.50. The first-order chi connectivity index (χ1) is 9.06. The molecule has 0 saturated carbocycles. The zero-order valence-electron chi connectivity index (χ0n) is 10.5. The number of allylic oxidation sites excluding steroid dienone is 3. The SMILES string of the molecule is COc1cc(C=C2C(=O)C=CC2=O)cc(OC)c1O. The fraction of sp³-hybridized carbons (Fsp3) is 0.143. The summed E-state index contributed by atoms with van der Waals surface area (Å²) in [5.74, 6) is -0.393. The summed E-state index contributed by atoms with van der Waals surface area (Å²) in [6.45, 7) is 0. The zero-order valence-corrected chi connectivity index (χ0v) is 10.5. The maximum absolute atomic E-state index is 11.5. The molecule has 19 heavy (non-hydrogen) atoms. The monoisotopic (exact) mass is 260 g/mol. The van der Waals surface area contributed by atoms with E-state index in [-0.39, 0.29) is 34.4 Å². The fourth-order valence-corrected chi connectivity index (χ4v) is 1.76. The molecule has 0 amide bonds. The summed E-state index contributed by atoms with van der Waals surface area (Å²) < 4.78 is 10.0. The lowest BCUT2D eigenvalue weighted by atomic mass is 10.1. The molecule has 0 radical (unpaired) electrons. The molecule has 0 heterocycles. The number of carbonyl (C=O) groups excluding carboxylic acids is 2. The summed E-state index contributed by atoms with van der Waals surface area (Å²) in [5, 5.41) is 9.76. The van der Waals surface area contributed by atoms with Crippen LogP contribution in [0.2, 0.25) is 0 Å². The average Bonchev–Trinajstić information content (AvgIpc) is 2.72. The van der Waals surface area contributed by atoms with Gasteiger partial charge in [0, 0.05) is 0 Å². The number of benzene rings is 1. The molecule has 1 aliphatic carbocycles. The van der Waals surface area contributed by atoms with Gasteiger partial charge in [0.1, 0.15) is 0 Å². The van der Waals surface area contributed by atoms with Gasteiger partial charge < -0.3 is 14.6 Å². The first-order valence-corrected chi connectivity index (χ1v) is 5.50. The van der Waals surface area contributed by atoms with Crippen LogP contribution in [0, 0.1) is 0 Å². The molecule has 0 fully saturated rings. The minimum Gasteiger partial charge on any atom is -0.502 e. The van der Waals surface area contributed by atoms with Crippen LogP contribution in [0.15, 0.2) is 29.9 Å². The highest BCUT2D eigenvalue weighted by molar-refractivity contribution is 6.35. The van der Waals surface area contributed by atoms with E-state index < -0.39 is 0 Å². The van der Waals surface area contributed by atoms with Gasteiger partial charge in [0.05, 0.1) is 19.8 Å². The number of hydrogen-bond acceptors (Lipinski definition) is 5. The number of methoxy groups -OCH3 is 2. The maximum atomic E-state index is 11.5. The summed E-state index contributed by atoms with van der Waals surface area (Å²) in [6, 6.07) is 3.04. The third-order valence-corrected chi connectivity index (χ3v) is 2.73. The number of hydrogen-bond donors (Lipinski definition) is 1. The Morgan fingerprint density at radius 1 is 1.00 bits per heavy atom. The lowest BCUT2D eigenvalue weighted by molar-refractivity contribution is -0.115.